The number of rotatable bonds is 5. The highest BCUT2D eigenvalue weighted by atomic mass is 16.4. The van der Waals surface area contributed by atoms with Gasteiger partial charge in [0.05, 0.1) is 11.3 Å². The van der Waals surface area contributed by atoms with Gasteiger partial charge in [0.15, 0.2) is 11.3 Å². The molecule has 0 aliphatic carbocycles. The van der Waals surface area contributed by atoms with E-state index in [9.17, 15) is 9.90 Å². The van der Waals surface area contributed by atoms with Crippen LogP contribution in [0.3, 0.4) is 0 Å². The molecule has 2 heterocycles. The lowest BCUT2D eigenvalue weighted by Crippen LogP contribution is -2.17. The minimum Gasteiger partial charge on any atom is -0.477 e. The van der Waals surface area contributed by atoms with Gasteiger partial charge < -0.3 is 10.4 Å². The summed E-state index contributed by atoms with van der Waals surface area (Å²) in [6.45, 7) is 10.2. The second-order valence-electron chi connectivity index (χ2n) is 6.75. The number of anilines is 1. The van der Waals surface area contributed by atoms with Crippen LogP contribution in [-0.4, -0.2) is 31.7 Å². The number of nitrogens with one attached hydrogen (secondary N) is 1. The molecular weight excluding hydrogens is 328 g/mol. The first-order valence-corrected chi connectivity index (χ1v) is 8.80. The number of fused-ring (bicyclic) bond motifs is 1. The molecule has 0 spiro atoms. The number of aromatic nitrogens is 3. The zero-order valence-corrected chi connectivity index (χ0v) is 15.8. The molecule has 0 fully saturated rings. The van der Waals surface area contributed by atoms with Crippen molar-refractivity contribution in [2.24, 2.45) is 0 Å². The van der Waals surface area contributed by atoms with Crippen molar-refractivity contribution in [1.82, 2.24) is 14.6 Å². The quantitative estimate of drug-likeness (QED) is 0.718. The molecule has 0 aliphatic rings. The van der Waals surface area contributed by atoms with Crippen LogP contribution in [0.1, 0.15) is 47.6 Å². The number of aryl methyl sites for hydroxylation is 3. The summed E-state index contributed by atoms with van der Waals surface area (Å²) in [5.41, 5.74) is 5.57. The summed E-state index contributed by atoms with van der Waals surface area (Å²) >= 11 is 0. The Balaban J connectivity index is 2.35. The highest BCUT2D eigenvalue weighted by molar-refractivity contribution is 5.90. The standard InChI is InChI=1S/C20H24N4O2/c1-6-13(4)21-16-10-15(20(25)26)22-19-18(14(5)23-24(16)19)17-11(2)8-7-9-12(17)3/h7-10,13,21H,6H2,1-5H3,(H,25,26). The van der Waals surface area contributed by atoms with Crippen LogP contribution in [0, 0.1) is 20.8 Å². The largest absolute Gasteiger partial charge is 0.477 e. The van der Waals surface area contributed by atoms with E-state index in [0.29, 0.717) is 11.5 Å². The summed E-state index contributed by atoms with van der Waals surface area (Å²) < 4.78 is 1.72. The summed E-state index contributed by atoms with van der Waals surface area (Å²) in [5, 5.41) is 17.5. The molecule has 6 nitrogen and oxygen atoms in total. The number of hydrogen-bond acceptors (Lipinski definition) is 4. The lowest BCUT2D eigenvalue weighted by Gasteiger charge is -2.15. The molecule has 26 heavy (non-hydrogen) atoms. The number of carboxylic acid groups (broad SMARTS) is 1. The Hall–Kier alpha value is -2.89. The van der Waals surface area contributed by atoms with Gasteiger partial charge in [-0.2, -0.15) is 9.61 Å². The normalized spacial score (nSPS) is 12.3. The first-order valence-electron chi connectivity index (χ1n) is 8.80. The predicted octanol–water partition coefficient (Wildman–Crippen LogP) is 4.23. The van der Waals surface area contributed by atoms with Crippen LogP contribution in [0.2, 0.25) is 0 Å². The maximum absolute atomic E-state index is 11.6. The van der Waals surface area contributed by atoms with Crippen LogP contribution in [0.15, 0.2) is 24.3 Å². The monoisotopic (exact) mass is 352 g/mol. The van der Waals surface area contributed by atoms with E-state index in [4.69, 9.17) is 0 Å². The molecule has 1 unspecified atom stereocenters. The molecule has 136 valence electrons. The van der Waals surface area contributed by atoms with Gasteiger partial charge in [0.2, 0.25) is 0 Å². The minimum atomic E-state index is -1.05. The van der Waals surface area contributed by atoms with Crippen molar-refractivity contribution in [3.05, 3.63) is 46.8 Å². The van der Waals surface area contributed by atoms with Crippen LogP contribution >= 0.6 is 0 Å². The Kier molecular flexibility index (Phi) is 4.68. The van der Waals surface area contributed by atoms with Gasteiger partial charge in [-0.25, -0.2) is 9.78 Å². The zero-order valence-electron chi connectivity index (χ0n) is 15.8. The number of carbonyl (C=O) groups is 1. The molecule has 3 aromatic rings. The fourth-order valence-electron chi connectivity index (χ4n) is 3.19. The van der Waals surface area contributed by atoms with Crippen molar-refractivity contribution in [2.45, 2.75) is 47.1 Å². The van der Waals surface area contributed by atoms with E-state index in [-0.39, 0.29) is 11.7 Å². The molecule has 2 aromatic heterocycles. The summed E-state index contributed by atoms with van der Waals surface area (Å²) in [5.74, 6) is -0.409. The highest BCUT2D eigenvalue weighted by Gasteiger charge is 2.21. The van der Waals surface area contributed by atoms with Gasteiger partial charge in [0, 0.05) is 12.1 Å². The minimum absolute atomic E-state index is 0.00990. The van der Waals surface area contributed by atoms with Gasteiger partial charge in [-0.05, 0) is 50.8 Å². The fourth-order valence-corrected chi connectivity index (χ4v) is 3.19. The molecule has 0 saturated heterocycles. The molecule has 0 saturated carbocycles. The third kappa shape index (κ3) is 3.03. The van der Waals surface area contributed by atoms with Crippen LogP contribution < -0.4 is 5.32 Å². The maximum Gasteiger partial charge on any atom is 0.354 e. The van der Waals surface area contributed by atoms with E-state index in [1.165, 1.54) is 0 Å². The first kappa shape index (κ1) is 17.9. The molecule has 0 amide bonds. The van der Waals surface area contributed by atoms with Gasteiger partial charge >= 0.3 is 5.97 Å². The van der Waals surface area contributed by atoms with Gasteiger partial charge in [0.1, 0.15) is 5.82 Å². The number of benzene rings is 1. The lowest BCUT2D eigenvalue weighted by atomic mass is 9.96. The van der Waals surface area contributed by atoms with Gasteiger partial charge in [0.25, 0.3) is 0 Å². The second kappa shape index (κ2) is 6.78. The zero-order chi connectivity index (χ0) is 19.0. The van der Waals surface area contributed by atoms with Gasteiger partial charge in [-0.1, -0.05) is 25.1 Å². The predicted molar refractivity (Wildman–Crippen MR) is 103 cm³/mol. The molecular formula is C20H24N4O2. The summed E-state index contributed by atoms with van der Waals surface area (Å²) in [7, 11) is 0. The Labute approximate surface area is 152 Å². The van der Waals surface area contributed by atoms with E-state index in [0.717, 1.165) is 34.4 Å². The topological polar surface area (TPSA) is 79.5 Å². The van der Waals surface area contributed by atoms with Crippen molar-refractivity contribution >= 4 is 17.4 Å². The molecule has 3 rings (SSSR count). The third-order valence-corrected chi connectivity index (χ3v) is 4.72. The highest BCUT2D eigenvalue weighted by Crippen LogP contribution is 2.34. The van der Waals surface area contributed by atoms with Crippen molar-refractivity contribution < 1.29 is 9.90 Å². The van der Waals surface area contributed by atoms with Crippen molar-refractivity contribution in [3.63, 3.8) is 0 Å². The summed E-state index contributed by atoms with van der Waals surface area (Å²) in [6.07, 6.45) is 0.913. The third-order valence-electron chi connectivity index (χ3n) is 4.72. The molecule has 6 heteroatoms. The molecule has 0 bridgehead atoms. The van der Waals surface area contributed by atoms with Crippen LogP contribution in [0.25, 0.3) is 16.8 Å². The number of hydrogen-bond donors (Lipinski definition) is 2. The van der Waals surface area contributed by atoms with Crippen molar-refractivity contribution in [1.29, 1.82) is 0 Å². The Morgan fingerprint density at radius 2 is 1.88 bits per heavy atom. The number of carboxylic acids is 1. The SMILES string of the molecule is CCC(C)Nc1cc(C(=O)O)nc2c(-c3c(C)cccc3C)c(C)nn12. The van der Waals surface area contributed by atoms with Crippen LogP contribution in [-0.2, 0) is 0 Å². The molecule has 0 aliphatic heterocycles. The summed E-state index contributed by atoms with van der Waals surface area (Å²) in [6, 6.07) is 7.84. The Morgan fingerprint density at radius 1 is 1.23 bits per heavy atom. The number of aromatic carboxylic acids is 1. The number of nitrogens with zero attached hydrogens (tertiary/aromatic N) is 3. The smallest absolute Gasteiger partial charge is 0.354 e. The molecule has 0 radical (unpaired) electrons. The first-order chi connectivity index (χ1) is 12.3. The fraction of sp³-hybridized carbons (Fsp3) is 0.350. The molecule has 1 aromatic carbocycles. The molecule has 1 atom stereocenters. The van der Waals surface area contributed by atoms with E-state index in [1.807, 2.05) is 39.0 Å². The van der Waals surface area contributed by atoms with Gasteiger partial charge in [-0.15, -0.1) is 0 Å². The van der Waals surface area contributed by atoms with Crippen molar-refractivity contribution in [3.8, 4) is 11.1 Å². The summed E-state index contributed by atoms with van der Waals surface area (Å²) in [4.78, 5) is 16.0. The average molecular weight is 352 g/mol. The lowest BCUT2D eigenvalue weighted by molar-refractivity contribution is 0.0690. The Bertz CT molecular complexity index is 971. The van der Waals surface area contributed by atoms with E-state index < -0.39 is 5.97 Å². The van der Waals surface area contributed by atoms with E-state index >= 15 is 0 Å². The van der Waals surface area contributed by atoms with Crippen LogP contribution in [0.5, 0.6) is 0 Å². The van der Waals surface area contributed by atoms with E-state index in [1.54, 1.807) is 10.6 Å². The van der Waals surface area contributed by atoms with Crippen LogP contribution in [0.4, 0.5) is 5.82 Å². The average Bonchev–Trinajstić information content (AvgIpc) is 2.91. The Morgan fingerprint density at radius 3 is 2.46 bits per heavy atom. The van der Waals surface area contributed by atoms with Crippen molar-refractivity contribution in [2.75, 3.05) is 5.32 Å². The molecule has 2 N–H and O–H groups in total. The van der Waals surface area contributed by atoms with E-state index in [2.05, 4.69) is 29.2 Å². The second-order valence-corrected chi connectivity index (χ2v) is 6.75. The van der Waals surface area contributed by atoms with Gasteiger partial charge in [-0.3, -0.25) is 0 Å². The maximum atomic E-state index is 11.6.